The lowest BCUT2D eigenvalue weighted by molar-refractivity contribution is 0.0677. The van der Waals surface area contributed by atoms with Crippen molar-refractivity contribution in [2.75, 3.05) is 13.7 Å². The van der Waals surface area contributed by atoms with Gasteiger partial charge >= 0.3 is 5.97 Å². The van der Waals surface area contributed by atoms with Crippen LogP contribution in [-0.4, -0.2) is 45.0 Å². The van der Waals surface area contributed by atoms with Crippen LogP contribution in [0.15, 0.2) is 48.5 Å². The number of tetrazole rings is 1. The van der Waals surface area contributed by atoms with Gasteiger partial charge in [-0.15, -0.1) is 5.10 Å². The highest BCUT2D eigenvalue weighted by Crippen LogP contribution is 2.21. The number of aromatic carboxylic acids is 1. The van der Waals surface area contributed by atoms with Crippen LogP contribution < -0.4 is 9.47 Å². The van der Waals surface area contributed by atoms with Gasteiger partial charge in [0.1, 0.15) is 18.1 Å². The maximum absolute atomic E-state index is 11.0. The number of hydrogen-bond acceptors (Lipinski definition) is 6. The Morgan fingerprint density at radius 3 is 2.71 bits per heavy atom. The molecule has 0 radical (unpaired) electrons. The van der Waals surface area contributed by atoms with E-state index < -0.39 is 5.97 Å². The number of hydrogen-bond donors (Lipinski definition) is 1. The molecule has 0 saturated carbocycles. The lowest BCUT2D eigenvalue weighted by Crippen LogP contribution is -2.12. The minimum atomic E-state index is -1.16. The molecule has 0 amide bonds. The zero-order valence-electron chi connectivity index (χ0n) is 15.6. The molecule has 0 aliphatic rings. The van der Waals surface area contributed by atoms with E-state index >= 15 is 0 Å². The van der Waals surface area contributed by atoms with Gasteiger partial charge in [0, 0.05) is 5.56 Å². The molecule has 0 aliphatic carbocycles. The number of aryl methyl sites for hydroxylation is 1. The van der Waals surface area contributed by atoms with Gasteiger partial charge in [-0.25, -0.2) is 9.48 Å². The summed E-state index contributed by atoms with van der Waals surface area (Å²) in [5, 5.41) is 19.6. The third-order valence-corrected chi connectivity index (χ3v) is 4.01. The highest BCUT2D eigenvalue weighted by atomic mass is 16.5. The second kappa shape index (κ2) is 8.81. The number of benzene rings is 2. The molecule has 1 heterocycles. The second-order valence-electron chi connectivity index (χ2n) is 6.07. The van der Waals surface area contributed by atoms with Gasteiger partial charge in [0.25, 0.3) is 5.82 Å². The largest absolute Gasteiger partial charge is 0.496 e. The third kappa shape index (κ3) is 4.73. The smallest absolute Gasteiger partial charge is 0.375 e. The van der Waals surface area contributed by atoms with Crippen LogP contribution in [0.5, 0.6) is 11.5 Å². The molecule has 0 atom stereocenters. The molecule has 0 spiro atoms. The van der Waals surface area contributed by atoms with Crippen molar-refractivity contribution in [2.45, 2.75) is 13.5 Å². The van der Waals surface area contributed by atoms with Crippen LogP contribution in [0.2, 0.25) is 0 Å². The summed E-state index contributed by atoms with van der Waals surface area (Å²) in [5.74, 6) is 0.169. The van der Waals surface area contributed by atoms with E-state index in [9.17, 15) is 4.79 Å². The molecule has 0 aliphatic heterocycles. The molecule has 8 nitrogen and oxygen atoms in total. The fourth-order valence-electron chi connectivity index (χ4n) is 2.60. The first-order chi connectivity index (χ1) is 13.6. The van der Waals surface area contributed by atoms with Gasteiger partial charge in [-0.2, -0.15) is 0 Å². The summed E-state index contributed by atoms with van der Waals surface area (Å²) in [5.41, 5.74) is 2.99. The lowest BCUT2D eigenvalue weighted by atomic mass is 10.1. The van der Waals surface area contributed by atoms with Crippen molar-refractivity contribution in [1.29, 1.82) is 0 Å². The Labute approximate surface area is 162 Å². The normalized spacial score (nSPS) is 10.9. The Bertz CT molecular complexity index is 980. The third-order valence-electron chi connectivity index (χ3n) is 4.01. The maximum atomic E-state index is 11.0. The summed E-state index contributed by atoms with van der Waals surface area (Å²) < 4.78 is 12.3. The summed E-state index contributed by atoms with van der Waals surface area (Å²) in [6, 6.07) is 13.3. The highest BCUT2D eigenvalue weighted by molar-refractivity contribution is 5.83. The first-order valence-electron chi connectivity index (χ1n) is 8.59. The summed E-state index contributed by atoms with van der Waals surface area (Å²) >= 11 is 0. The summed E-state index contributed by atoms with van der Waals surface area (Å²) in [6.07, 6.45) is 3.87. The number of carboxylic acid groups (broad SMARTS) is 1. The van der Waals surface area contributed by atoms with Crippen LogP contribution in [0.3, 0.4) is 0 Å². The highest BCUT2D eigenvalue weighted by Gasteiger charge is 2.13. The van der Waals surface area contributed by atoms with E-state index in [0.717, 1.165) is 22.4 Å². The Morgan fingerprint density at radius 2 is 2.00 bits per heavy atom. The number of nitrogens with zero attached hydrogens (tertiary/aromatic N) is 4. The second-order valence-corrected chi connectivity index (χ2v) is 6.07. The molecule has 8 heteroatoms. The SMILES string of the molecule is COc1cc(C)ccc1/C=C/COc1ccc(Cn2nnnc2C(=O)O)cc1. The number of carbonyl (C=O) groups is 1. The zero-order chi connectivity index (χ0) is 19.9. The van der Waals surface area contributed by atoms with Crippen molar-refractivity contribution >= 4 is 12.0 Å². The molecule has 0 bridgehead atoms. The van der Waals surface area contributed by atoms with Crippen molar-refractivity contribution in [3.8, 4) is 11.5 Å². The summed E-state index contributed by atoms with van der Waals surface area (Å²) in [4.78, 5) is 11.0. The first kappa shape index (κ1) is 19.1. The van der Waals surface area contributed by atoms with Gasteiger partial charge in [-0.1, -0.05) is 30.3 Å². The van der Waals surface area contributed by atoms with Crippen LogP contribution >= 0.6 is 0 Å². The van der Waals surface area contributed by atoms with E-state index in [4.69, 9.17) is 14.6 Å². The van der Waals surface area contributed by atoms with Crippen LogP contribution in [0.4, 0.5) is 0 Å². The average Bonchev–Trinajstić information content (AvgIpc) is 3.15. The average molecular weight is 380 g/mol. The minimum Gasteiger partial charge on any atom is -0.496 e. The van der Waals surface area contributed by atoms with Crippen molar-refractivity contribution in [3.63, 3.8) is 0 Å². The van der Waals surface area contributed by atoms with Gasteiger partial charge in [-0.05, 0) is 52.8 Å². The van der Waals surface area contributed by atoms with Crippen molar-refractivity contribution in [1.82, 2.24) is 20.2 Å². The van der Waals surface area contributed by atoms with E-state index in [0.29, 0.717) is 12.4 Å². The molecule has 2 aromatic carbocycles. The van der Waals surface area contributed by atoms with Crippen LogP contribution in [0.25, 0.3) is 6.08 Å². The lowest BCUT2D eigenvalue weighted by Gasteiger charge is -2.07. The number of ether oxygens (including phenoxy) is 2. The van der Waals surface area contributed by atoms with Crippen molar-refractivity contribution in [2.24, 2.45) is 0 Å². The molecule has 1 aromatic heterocycles. The van der Waals surface area contributed by atoms with Gasteiger partial charge in [0.2, 0.25) is 0 Å². The van der Waals surface area contributed by atoms with Crippen molar-refractivity contribution < 1.29 is 19.4 Å². The molecule has 0 saturated heterocycles. The van der Waals surface area contributed by atoms with Gasteiger partial charge in [0.05, 0.1) is 13.7 Å². The fraction of sp³-hybridized carbons (Fsp3) is 0.200. The van der Waals surface area contributed by atoms with Crippen LogP contribution in [0, 0.1) is 6.92 Å². The predicted octanol–water partition coefficient (Wildman–Crippen LogP) is 2.83. The van der Waals surface area contributed by atoms with Crippen molar-refractivity contribution in [3.05, 3.63) is 71.1 Å². The van der Waals surface area contributed by atoms with E-state index in [2.05, 4.69) is 15.5 Å². The van der Waals surface area contributed by atoms with E-state index in [1.807, 2.05) is 61.5 Å². The van der Waals surface area contributed by atoms with Crippen LogP contribution in [-0.2, 0) is 6.54 Å². The van der Waals surface area contributed by atoms with Crippen LogP contribution in [0.1, 0.15) is 27.3 Å². The minimum absolute atomic E-state index is 0.197. The monoisotopic (exact) mass is 380 g/mol. The van der Waals surface area contributed by atoms with Gasteiger partial charge in [-0.3, -0.25) is 0 Å². The zero-order valence-corrected chi connectivity index (χ0v) is 15.6. The fourth-order valence-corrected chi connectivity index (χ4v) is 2.60. The van der Waals surface area contributed by atoms with E-state index in [1.54, 1.807) is 7.11 Å². The van der Waals surface area contributed by atoms with Gasteiger partial charge in [0.15, 0.2) is 0 Å². The Hall–Kier alpha value is -3.68. The molecule has 3 aromatic rings. The number of rotatable bonds is 8. The first-order valence-corrected chi connectivity index (χ1v) is 8.59. The molecule has 0 unspecified atom stereocenters. The Kier molecular flexibility index (Phi) is 6.01. The maximum Gasteiger partial charge on any atom is 0.375 e. The molecule has 28 heavy (non-hydrogen) atoms. The topological polar surface area (TPSA) is 99.4 Å². The standard InChI is InChI=1S/C20H20N4O4/c1-14-5-8-16(18(12-14)27-2)4-3-11-28-17-9-6-15(7-10-17)13-24-19(20(25)26)21-22-23-24/h3-10,12H,11,13H2,1-2H3,(H,25,26)/b4-3+. The summed E-state index contributed by atoms with van der Waals surface area (Å²) in [7, 11) is 1.65. The molecule has 1 N–H and O–H groups in total. The predicted molar refractivity (Wildman–Crippen MR) is 103 cm³/mol. The van der Waals surface area contributed by atoms with Gasteiger partial charge < -0.3 is 14.6 Å². The molecule has 0 fully saturated rings. The molecule has 144 valence electrons. The molecule has 3 rings (SSSR count). The Morgan fingerprint density at radius 1 is 1.21 bits per heavy atom. The Balaban J connectivity index is 1.56. The molecular weight excluding hydrogens is 360 g/mol. The number of carboxylic acids is 1. The quantitative estimate of drug-likeness (QED) is 0.641. The van der Waals surface area contributed by atoms with E-state index in [1.165, 1.54) is 4.68 Å². The number of methoxy groups -OCH3 is 1. The van der Waals surface area contributed by atoms with E-state index in [-0.39, 0.29) is 12.4 Å². The number of aromatic nitrogens is 4. The summed E-state index contributed by atoms with van der Waals surface area (Å²) in [6.45, 7) is 2.69. The molecular formula is C20H20N4O4.